The maximum atomic E-state index is 12.5. The zero-order valence-electron chi connectivity index (χ0n) is 15.1. The van der Waals surface area contributed by atoms with Gasteiger partial charge >= 0.3 is 29.6 Å². The summed E-state index contributed by atoms with van der Waals surface area (Å²) >= 11 is 0. The van der Waals surface area contributed by atoms with E-state index in [1.807, 2.05) is 18.2 Å². The van der Waals surface area contributed by atoms with E-state index in [9.17, 15) is 13.2 Å². The third kappa shape index (κ3) is 4.43. The molecule has 0 radical (unpaired) electrons. The summed E-state index contributed by atoms with van der Waals surface area (Å²) in [6.45, 7) is 1.67. The van der Waals surface area contributed by atoms with Gasteiger partial charge in [-0.1, -0.05) is 18.2 Å². The van der Waals surface area contributed by atoms with Crippen molar-refractivity contribution in [2.75, 3.05) is 5.01 Å². The Labute approximate surface area is 174 Å². The second kappa shape index (κ2) is 8.19. The van der Waals surface area contributed by atoms with Crippen LogP contribution in [0, 0.1) is 0 Å². The predicted molar refractivity (Wildman–Crippen MR) is 92.7 cm³/mol. The molecule has 1 amide bonds. The standard InChI is InChI=1S/C16H14N4O4S.Na.H/c1-11-15(18-17-12-5-3-2-4-6-12)16(21)20(19-11)13-7-9-14(10-8-13)25(22,23)24;;/h2-10,15H,1H3,(H,22,23,24);;/q;+1;-1. The molecular formula is C16H15N4NaO4S. The molecule has 10 heteroatoms. The van der Waals surface area contributed by atoms with Crippen LogP contribution in [0.2, 0.25) is 0 Å². The molecule has 130 valence electrons. The first kappa shape index (κ1) is 20.4. The minimum atomic E-state index is -4.29. The molecular weight excluding hydrogens is 367 g/mol. The summed E-state index contributed by atoms with van der Waals surface area (Å²) in [6, 6.07) is 13.3. The molecule has 8 nitrogen and oxygen atoms in total. The largest absolute Gasteiger partial charge is 1.00 e. The zero-order chi connectivity index (χ0) is 18.0. The molecule has 1 unspecified atom stereocenters. The average Bonchev–Trinajstić information content (AvgIpc) is 2.87. The number of hydrogen-bond acceptors (Lipinski definition) is 6. The Morgan fingerprint density at radius 2 is 1.73 bits per heavy atom. The van der Waals surface area contributed by atoms with E-state index < -0.39 is 22.1 Å². The van der Waals surface area contributed by atoms with E-state index >= 15 is 0 Å². The summed E-state index contributed by atoms with van der Waals surface area (Å²) in [4.78, 5) is 12.2. The summed E-state index contributed by atoms with van der Waals surface area (Å²) in [5.41, 5.74) is 1.47. The summed E-state index contributed by atoms with van der Waals surface area (Å²) in [5, 5.41) is 13.4. The van der Waals surface area contributed by atoms with E-state index in [4.69, 9.17) is 4.55 Å². The van der Waals surface area contributed by atoms with Gasteiger partial charge in [0.2, 0.25) is 0 Å². The number of benzene rings is 2. The normalized spacial score (nSPS) is 17.3. The quantitative estimate of drug-likeness (QED) is 0.453. The van der Waals surface area contributed by atoms with Crippen molar-refractivity contribution in [3.05, 3.63) is 54.6 Å². The van der Waals surface area contributed by atoms with Gasteiger partial charge in [-0.3, -0.25) is 9.35 Å². The van der Waals surface area contributed by atoms with E-state index in [1.54, 1.807) is 19.1 Å². The Bertz CT molecular complexity index is 966. The van der Waals surface area contributed by atoms with Gasteiger partial charge in [0.25, 0.3) is 16.0 Å². The molecule has 1 heterocycles. The molecule has 0 bridgehead atoms. The Kier molecular flexibility index (Phi) is 6.43. The van der Waals surface area contributed by atoms with Gasteiger partial charge in [-0.05, 0) is 43.3 Å². The SMILES string of the molecule is CC1=NN(c2ccc(S(=O)(=O)O)cc2)C(=O)C1N=Nc1ccccc1.[H-].[Na+]. The van der Waals surface area contributed by atoms with E-state index in [0.29, 0.717) is 17.1 Å². The van der Waals surface area contributed by atoms with Crippen molar-refractivity contribution < 1.29 is 48.7 Å². The third-order valence-corrected chi connectivity index (χ3v) is 4.39. The fourth-order valence-corrected chi connectivity index (χ4v) is 2.73. The van der Waals surface area contributed by atoms with Gasteiger partial charge in [0.1, 0.15) is 0 Å². The van der Waals surface area contributed by atoms with Crippen molar-refractivity contribution in [1.82, 2.24) is 0 Å². The fraction of sp³-hybridized carbons (Fsp3) is 0.125. The van der Waals surface area contributed by atoms with Crippen LogP contribution in [0.25, 0.3) is 0 Å². The first-order valence-corrected chi connectivity index (χ1v) is 8.73. The summed E-state index contributed by atoms with van der Waals surface area (Å²) in [6.07, 6.45) is 0. The van der Waals surface area contributed by atoms with Gasteiger partial charge in [0.15, 0.2) is 6.04 Å². The van der Waals surface area contributed by atoms with Gasteiger partial charge in [0.05, 0.1) is 22.0 Å². The van der Waals surface area contributed by atoms with Crippen molar-refractivity contribution in [2.24, 2.45) is 15.3 Å². The molecule has 2 aromatic carbocycles. The van der Waals surface area contributed by atoms with Crippen LogP contribution in [0.15, 0.2) is 74.8 Å². The Balaban J connectivity index is 0.00000182. The van der Waals surface area contributed by atoms with Gasteiger partial charge in [-0.15, -0.1) is 0 Å². The Morgan fingerprint density at radius 3 is 2.31 bits per heavy atom. The number of hydrogen-bond donors (Lipinski definition) is 1. The number of carbonyl (C=O) groups excluding carboxylic acids is 1. The molecule has 0 saturated heterocycles. The van der Waals surface area contributed by atoms with Crippen molar-refractivity contribution in [1.29, 1.82) is 0 Å². The van der Waals surface area contributed by atoms with Crippen LogP contribution >= 0.6 is 0 Å². The molecule has 0 aliphatic carbocycles. The molecule has 1 aliphatic rings. The Morgan fingerprint density at radius 1 is 1.12 bits per heavy atom. The predicted octanol–water partition coefficient (Wildman–Crippen LogP) is -0.0752. The molecule has 1 N–H and O–H groups in total. The fourth-order valence-electron chi connectivity index (χ4n) is 2.25. The zero-order valence-corrected chi connectivity index (χ0v) is 17.0. The van der Waals surface area contributed by atoms with Gasteiger partial charge in [0, 0.05) is 0 Å². The second-order valence-electron chi connectivity index (χ2n) is 5.31. The van der Waals surface area contributed by atoms with Crippen LogP contribution in [-0.2, 0) is 14.9 Å². The van der Waals surface area contributed by atoms with Crippen LogP contribution in [0.3, 0.4) is 0 Å². The summed E-state index contributed by atoms with van der Waals surface area (Å²) in [7, 11) is -4.29. The van der Waals surface area contributed by atoms with Gasteiger partial charge in [-0.25, -0.2) is 0 Å². The Hall–Kier alpha value is -1.91. The molecule has 26 heavy (non-hydrogen) atoms. The maximum Gasteiger partial charge on any atom is 1.00 e. The molecule has 0 saturated carbocycles. The van der Waals surface area contributed by atoms with Crippen molar-refractivity contribution in [3.63, 3.8) is 0 Å². The van der Waals surface area contributed by atoms with E-state index in [1.165, 1.54) is 24.3 Å². The number of amides is 1. The first-order valence-electron chi connectivity index (χ1n) is 7.29. The monoisotopic (exact) mass is 382 g/mol. The van der Waals surface area contributed by atoms with Crippen molar-refractivity contribution in [2.45, 2.75) is 17.9 Å². The smallest absolute Gasteiger partial charge is 1.00 e. The molecule has 2 aromatic rings. The molecule has 0 aromatic heterocycles. The van der Waals surface area contributed by atoms with Gasteiger partial charge < -0.3 is 1.43 Å². The van der Waals surface area contributed by atoms with Crippen LogP contribution in [0.4, 0.5) is 11.4 Å². The number of rotatable bonds is 4. The average molecular weight is 382 g/mol. The number of azo groups is 1. The van der Waals surface area contributed by atoms with E-state index in [-0.39, 0.29) is 35.9 Å². The van der Waals surface area contributed by atoms with E-state index in [2.05, 4.69) is 15.3 Å². The first-order chi connectivity index (χ1) is 11.9. The maximum absolute atomic E-state index is 12.5. The second-order valence-corrected chi connectivity index (χ2v) is 6.74. The molecule has 3 rings (SSSR count). The van der Waals surface area contributed by atoms with E-state index in [0.717, 1.165) is 5.01 Å². The molecule has 1 atom stereocenters. The number of nitrogens with zero attached hydrogens (tertiary/aromatic N) is 4. The van der Waals surface area contributed by atoms with Crippen molar-refractivity contribution >= 4 is 33.1 Å². The number of anilines is 1. The minimum absolute atomic E-state index is 0. The molecule has 0 fully saturated rings. The summed E-state index contributed by atoms with van der Waals surface area (Å²) < 4.78 is 31.1. The minimum Gasteiger partial charge on any atom is -1.00 e. The summed E-state index contributed by atoms with van der Waals surface area (Å²) in [5.74, 6) is -0.392. The van der Waals surface area contributed by atoms with Crippen LogP contribution in [-0.4, -0.2) is 30.6 Å². The van der Waals surface area contributed by atoms with Crippen molar-refractivity contribution in [3.8, 4) is 0 Å². The van der Waals surface area contributed by atoms with Crippen LogP contribution in [0.1, 0.15) is 8.35 Å². The van der Waals surface area contributed by atoms with Gasteiger partial charge in [-0.2, -0.15) is 28.8 Å². The molecule has 0 spiro atoms. The topological polar surface area (TPSA) is 112 Å². The number of hydrazone groups is 1. The van der Waals surface area contributed by atoms with Crippen LogP contribution in [0.5, 0.6) is 0 Å². The number of carbonyl (C=O) groups is 1. The third-order valence-electron chi connectivity index (χ3n) is 3.52. The van der Waals surface area contributed by atoms with Crippen LogP contribution < -0.4 is 34.6 Å². The molecule has 1 aliphatic heterocycles.